The molecule has 1 heterocycles. The van der Waals surface area contributed by atoms with Gasteiger partial charge < -0.3 is 10.4 Å². The quantitative estimate of drug-likeness (QED) is 0.861. The Morgan fingerprint density at radius 1 is 1.33 bits per heavy atom. The number of aliphatic hydroxyl groups excluding tert-OH is 1. The van der Waals surface area contributed by atoms with Crippen LogP contribution in [-0.2, 0) is 0 Å². The van der Waals surface area contributed by atoms with Crippen molar-refractivity contribution in [3.05, 3.63) is 17.5 Å². The fraction of sp³-hybridized carbons (Fsp3) is 0.714. The van der Waals surface area contributed by atoms with Crippen LogP contribution in [0.15, 0.2) is 6.07 Å². The van der Waals surface area contributed by atoms with Crippen LogP contribution in [0.3, 0.4) is 0 Å². The summed E-state index contributed by atoms with van der Waals surface area (Å²) in [6.45, 7) is 6.40. The second-order valence-electron chi connectivity index (χ2n) is 5.68. The van der Waals surface area contributed by atoms with Gasteiger partial charge in [-0.2, -0.15) is 0 Å². The molecule has 0 aromatic carbocycles. The average molecular weight is 249 g/mol. The Balaban J connectivity index is 2.22. The third kappa shape index (κ3) is 2.80. The summed E-state index contributed by atoms with van der Waals surface area (Å²) >= 11 is 0. The van der Waals surface area contributed by atoms with Gasteiger partial charge in [0, 0.05) is 11.4 Å². The van der Waals surface area contributed by atoms with Crippen LogP contribution in [0.1, 0.15) is 56.8 Å². The van der Waals surface area contributed by atoms with E-state index in [1.54, 1.807) is 0 Å². The third-order valence-corrected chi connectivity index (χ3v) is 3.71. The minimum atomic E-state index is -0.206. The summed E-state index contributed by atoms with van der Waals surface area (Å²) in [6, 6.07) is 2.02. The molecule has 4 nitrogen and oxygen atoms in total. The molecule has 4 heteroatoms. The molecule has 1 fully saturated rings. The van der Waals surface area contributed by atoms with Gasteiger partial charge in [0.25, 0.3) is 0 Å². The summed E-state index contributed by atoms with van der Waals surface area (Å²) in [4.78, 5) is 9.00. The summed E-state index contributed by atoms with van der Waals surface area (Å²) in [5.41, 5.74) is 1.82. The summed E-state index contributed by atoms with van der Waals surface area (Å²) in [5, 5.41) is 13.0. The lowest BCUT2D eigenvalue weighted by molar-refractivity contribution is 0.213. The minimum absolute atomic E-state index is 0.154. The molecule has 0 spiro atoms. The molecule has 100 valence electrons. The van der Waals surface area contributed by atoms with Crippen molar-refractivity contribution in [2.24, 2.45) is 0 Å². The van der Waals surface area contributed by atoms with Gasteiger partial charge in [0.05, 0.1) is 12.1 Å². The number of nitrogens with zero attached hydrogens (tertiary/aromatic N) is 2. The molecule has 18 heavy (non-hydrogen) atoms. The Morgan fingerprint density at radius 3 is 2.56 bits per heavy atom. The number of aliphatic hydroxyl groups is 1. The van der Waals surface area contributed by atoms with Crippen molar-refractivity contribution in [2.45, 2.75) is 57.9 Å². The van der Waals surface area contributed by atoms with E-state index in [0.717, 1.165) is 37.1 Å². The van der Waals surface area contributed by atoms with E-state index in [9.17, 15) is 5.11 Å². The predicted molar refractivity (Wildman–Crippen MR) is 72.8 cm³/mol. The molecule has 0 saturated heterocycles. The molecular formula is C14H23N3O. The van der Waals surface area contributed by atoms with Crippen molar-refractivity contribution in [3.63, 3.8) is 0 Å². The molecular weight excluding hydrogens is 226 g/mol. The SMILES string of the molecule is Cc1cc(C(C)C)nc(NC2(CO)CCCC2)n1. The molecule has 1 aliphatic carbocycles. The largest absolute Gasteiger partial charge is 0.394 e. The Kier molecular flexibility index (Phi) is 3.85. The van der Waals surface area contributed by atoms with Gasteiger partial charge in [-0.15, -0.1) is 0 Å². The highest BCUT2D eigenvalue weighted by molar-refractivity contribution is 5.33. The molecule has 1 aliphatic rings. The Hall–Kier alpha value is -1.16. The highest BCUT2D eigenvalue weighted by Crippen LogP contribution is 2.32. The number of anilines is 1. The molecule has 0 aliphatic heterocycles. The Labute approximate surface area is 109 Å². The van der Waals surface area contributed by atoms with E-state index in [0.29, 0.717) is 11.9 Å². The minimum Gasteiger partial charge on any atom is -0.394 e. The van der Waals surface area contributed by atoms with Crippen LogP contribution in [0.2, 0.25) is 0 Å². The van der Waals surface area contributed by atoms with Gasteiger partial charge in [-0.3, -0.25) is 0 Å². The summed E-state index contributed by atoms with van der Waals surface area (Å²) in [5.74, 6) is 1.05. The first kappa shape index (κ1) is 13.3. The van der Waals surface area contributed by atoms with Crippen LogP contribution >= 0.6 is 0 Å². The van der Waals surface area contributed by atoms with Crippen molar-refractivity contribution < 1.29 is 5.11 Å². The number of hydrogen-bond donors (Lipinski definition) is 2. The van der Waals surface area contributed by atoms with Gasteiger partial charge >= 0.3 is 0 Å². The fourth-order valence-electron chi connectivity index (χ4n) is 2.56. The van der Waals surface area contributed by atoms with E-state index >= 15 is 0 Å². The maximum absolute atomic E-state index is 9.61. The van der Waals surface area contributed by atoms with E-state index in [1.807, 2.05) is 13.0 Å². The number of hydrogen-bond acceptors (Lipinski definition) is 4. The fourth-order valence-corrected chi connectivity index (χ4v) is 2.56. The molecule has 1 aromatic rings. The molecule has 0 atom stereocenters. The summed E-state index contributed by atoms with van der Waals surface area (Å²) < 4.78 is 0. The number of aromatic nitrogens is 2. The van der Waals surface area contributed by atoms with Crippen molar-refractivity contribution in [1.82, 2.24) is 9.97 Å². The van der Waals surface area contributed by atoms with Crippen LogP contribution < -0.4 is 5.32 Å². The first-order valence-electron chi connectivity index (χ1n) is 6.79. The maximum Gasteiger partial charge on any atom is 0.223 e. The van der Waals surface area contributed by atoms with Crippen LogP contribution in [0.25, 0.3) is 0 Å². The van der Waals surface area contributed by atoms with Gasteiger partial charge in [-0.25, -0.2) is 9.97 Å². The topological polar surface area (TPSA) is 58.0 Å². The van der Waals surface area contributed by atoms with Crippen LogP contribution in [-0.4, -0.2) is 27.2 Å². The van der Waals surface area contributed by atoms with Gasteiger partial charge in [0.2, 0.25) is 5.95 Å². The maximum atomic E-state index is 9.61. The Bertz CT molecular complexity index is 412. The zero-order chi connectivity index (χ0) is 13.2. The molecule has 2 N–H and O–H groups in total. The predicted octanol–water partition coefficient (Wildman–Crippen LogP) is 2.63. The van der Waals surface area contributed by atoms with E-state index < -0.39 is 0 Å². The number of nitrogens with one attached hydrogen (secondary N) is 1. The smallest absolute Gasteiger partial charge is 0.223 e. The standard InChI is InChI=1S/C14H23N3O/c1-10(2)12-8-11(3)15-13(16-12)17-14(9-18)6-4-5-7-14/h8,10,18H,4-7,9H2,1-3H3,(H,15,16,17). The summed E-state index contributed by atoms with van der Waals surface area (Å²) in [7, 11) is 0. The molecule has 1 saturated carbocycles. The first-order valence-corrected chi connectivity index (χ1v) is 6.79. The molecule has 0 bridgehead atoms. The second-order valence-corrected chi connectivity index (χ2v) is 5.68. The normalized spacial score (nSPS) is 18.3. The van der Waals surface area contributed by atoms with E-state index in [4.69, 9.17) is 0 Å². The van der Waals surface area contributed by atoms with Crippen molar-refractivity contribution in [2.75, 3.05) is 11.9 Å². The van der Waals surface area contributed by atoms with Gasteiger partial charge in [0.1, 0.15) is 0 Å². The molecule has 0 unspecified atom stereocenters. The van der Waals surface area contributed by atoms with E-state index in [2.05, 4.69) is 29.1 Å². The Morgan fingerprint density at radius 2 is 2.00 bits per heavy atom. The third-order valence-electron chi connectivity index (χ3n) is 3.71. The molecule has 0 radical (unpaired) electrons. The highest BCUT2D eigenvalue weighted by atomic mass is 16.3. The zero-order valence-electron chi connectivity index (χ0n) is 11.5. The molecule has 0 amide bonds. The lowest BCUT2D eigenvalue weighted by atomic mass is 9.99. The van der Waals surface area contributed by atoms with Gasteiger partial charge in [0.15, 0.2) is 0 Å². The lowest BCUT2D eigenvalue weighted by Gasteiger charge is -2.28. The lowest BCUT2D eigenvalue weighted by Crippen LogP contribution is -2.39. The van der Waals surface area contributed by atoms with Crippen molar-refractivity contribution in [3.8, 4) is 0 Å². The molecule has 1 aromatic heterocycles. The zero-order valence-corrected chi connectivity index (χ0v) is 11.5. The van der Waals surface area contributed by atoms with E-state index in [-0.39, 0.29) is 12.1 Å². The van der Waals surface area contributed by atoms with Crippen molar-refractivity contribution >= 4 is 5.95 Å². The number of rotatable bonds is 4. The van der Waals surface area contributed by atoms with Crippen LogP contribution in [0, 0.1) is 6.92 Å². The van der Waals surface area contributed by atoms with E-state index in [1.165, 1.54) is 0 Å². The summed E-state index contributed by atoms with van der Waals surface area (Å²) in [6.07, 6.45) is 4.32. The van der Waals surface area contributed by atoms with Gasteiger partial charge in [-0.1, -0.05) is 26.7 Å². The monoisotopic (exact) mass is 249 g/mol. The van der Waals surface area contributed by atoms with Gasteiger partial charge in [-0.05, 0) is 31.7 Å². The second kappa shape index (κ2) is 5.22. The first-order chi connectivity index (χ1) is 8.54. The average Bonchev–Trinajstić information content (AvgIpc) is 2.77. The van der Waals surface area contributed by atoms with Crippen molar-refractivity contribution in [1.29, 1.82) is 0 Å². The number of aryl methyl sites for hydroxylation is 1. The van der Waals surface area contributed by atoms with Crippen LogP contribution in [0.5, 0.6) is 0 Å². The van der Waals surface area contributed by atoms with Crippen LogP contribution in [0.4, 0.5) is 5.95 Å². The highest BCUT2D eigenvalue weighted by Gasteiger charge is 2.33. The molecule has 2 rings (SSSR count).